The van der Waals surface area contributed by atoms with E-state index in [0.29, 0.717) is 13.0 Å². The molecule has 0 fully saturated rings. The van der Waals surface area contributed by atoms with Gasteiger partial charge in [0.1, 0.15) is 6.10 Å². The van der Waals surface area contributed by atoms with Gasteiger partial charge in [0.15, 0.2) is 0 Å². The Hall–Kier alpha value is -0.650. The molecule has 0 aromatic heterocycles. The van der Waals surface area contributed by atoms with E-state index >= 15 is 0 Å². The number of hydrogen-bond acceptors (Lipinski definition) is 4. The topological polar surface area (TPSA) is 92.8 Å². The van der Waals surface area contributed by atoms with Crippen LogP contribution in [0.4, 0.5) is 0 Å². The predicted octanol–water partition coefficient (Wildman–Crippen LogP) is -1.38. The smallest absolute Gasteiger partial charge is 0.217 e. The van der Waals surface area contributed by atoms with E-state index in [1.165, 1.54) is 0 Å². The maximum Gasteiger partial charge on any atom is 0.217 e. The molecular formula is C7H15NO4. The second kappa shape index (κ2) is 7.02. The highest BCUT2D eigenvalue weighted by Gasteiger charge is 2.04. The summed E-state index contributed by atoms with van der Waals surface area (Å²) in [5.41, 5.74) is 4.88. The number of carbonyl (C=O) groups excluding carboxylic acids is 1. The Morgan fingerprint density at radius 2 is 2.00 bits per heavy atom. The minimum absolute atomic E-state index is 0.215. The Bertz CT molecular complexity index is 125. The molecule has 0 atom stereocenters. The van der Waals surface area contributed by atoms with Crippen LogP contribution in [0.25, 0.3) is 0 Å². The summed E-state index contributed by atoms with van der Waals surface area (Å²) in [7, 11) is 0. The van der Waals surface area contributed by atoms with Crippen LogP contribution in [0.15, 0.2) is 0 Å². The number of aliphatic hydroxyl groups is 2. The number of ether oxygens (including phenoxy) is 1. The van der Waals surface area contributed by atoms with E-state index in [4.69, 9.17) is 20.7 Å². The molecule has 0 aromatic rings. The van der Waals surface area contributed by atoms with Gasteiger partial charge in [-0.1, -0.05) is 0 Å². The lowest BCUT2D eigenvalue weighted by Crippen LogP contribution is -2.23. The maximum absolute atomic E-state index is 10.3. The van der Waals surface area contributed by atoms with Gasteiger partial charge in [0.05, 0.1) is 13.2 Å². The SMILES string of the molecule is NC(=O)CCCOC(CO)CO. The Kier molecular flexibility index (Phi) is 6.64. The van der Waals surface area contributed by atoms with Crippen molar-refractivity contribution in [2.75, 3.05) is 19.8 Å². The fourth-order valence-corrected chi connectivity index (χ4v) is 0.660. The van der Waals surface area contributed by atoms with Crippen LogP contribution in [0.5, 0.6) is 0 Å². The van der Waals surface area contributed by atoms with E-state index < -0.39 is 6.10 Å². The first-order valence-electron chi connectivity index (χ1n) is 3.82. The van der Waals surface area contributed by atoms with Crippen LogP contribution < -0.4 is 5.73 Å². The second-order valence-corrected chi connectivity index (χ2v) is 2.43. The Labute approximate surface area is 71.1 Å². The molecule has 0 radical (unpaired) electrons. The molecule has 0 aliphatic heterocycles. The fourth-order valence-electron chi connectivity index (χ4n) is 0.660. The van der Waals surface area contributed by atoms with Crippen LogP contribution in [-0.2, 0) is 9.53 Å². The van der Waals surface area contributed by atoms with Gasteiger partial charge in [-0.2, -0.15) is 0 Å². The first kappa shape index (κ1) is 11.4. The molecule has 72 valence electrons. The van der Waals surface area contributed by atoms with Crippen molar-refractivity contribution in [1.82, 2.24) is 0 Å². The normalized spacial score (nSPS) is 10.6. The largest absolute Gasteiger partial charge is 0.394 e. The average Bonchev–Trinajstić information content (AvgIpc) is 2.04. The number of carbonyl (C=O) groups is 1. The molecule has 0 aromatic carbocycles. The molecule has 5 nitrogen and oxygen atoms in total. The van der Waals surface area contributed by atoms with Gasteiger partial charge < -0.3 is 20.7 Å². The maximum atomic E-state index is 10.3. The standard InChI is InChI=1S/C7H15NO4/c8-7(11)2-1-3-12-6(4-9)5-10/h6,9-10H,1-5H2,(H2,8,11). The molecule has 4 N–H and O–H groups in total. The molecule has 0 saturated heterocycles. The molecule has 1 amide bonds. The number of primary amides is 1. The van der Waals surface area contributed by atoms with Crippen LogP contribution in [0.3, 0.4) is 0 Å². The number of amides is 1. The average molecular weight is 177 g/mol. The summed E-state index contributed by atoms with van der Waals surface area (Å²) >= 11 is 0. The van der Waals surface area contributed by atoms with Crippen molar-refractivity contribution in [2.45, 2.75) is 18.9 Å². The van der Waals surface area contributed by atoms with Gasteiger partial charge >= 0.3 is 0 Å². The number of hydrogen-bond donors (Lipinski definition) is 3. The summed E-state index contributed by atoms with van der Waals surface area (Å²) in [4.78, 5) is 10.3. The summed E-state index contributed by atoms with van der Waals surface area (Å²) in [6, 6.07) is 0. The Morgan fingerprint density at radius 1 is 1.42 bits per heavy atom. The number of aliphatic hydroxyl groups excluding tert-OH is 2. The first-order chi connectivity index (χ1) is 5.70. The van der Waals surface area contributed by atoms with Gasteiger partial charge in [-0.15, -0.1) is 0 Å². The van der Waals surface area contributed by atoms with Crippen LogP contribution in [0.2, 0.25) is 0 Å². The summed E-state index contributed by atoms with van der Waals surface area (Å²) in [6.07, 6.45) is 0.243. The van der Waals surface area contributed by atoms with Crippen molar-refractivity contribution in [3.8, 4) is 0 Å². The van der Waals surface area contributed by atoms with Gasteiger partial charge in [0.25, 0.3) is 0 Å². The van der Waals surface area contributed by atoms with Crippen LogP contribution >= 0.6 is 0 Å². The zero-order valence-corrected chi connectivity index (χ0v) is 6.90. The van der Waals surface area contributed by atoms with Crippen molar-refractivity contribution in [2.24, 2.45) is 5.73 Å². The van der Waals surface area contributed by atoms with Gasteiger partial charge in [0.2, 0.25) is 5.91 Å². The van der Waals surface area contributed by atoms with Gasteiger partial charge in [-0.3, -0.25) is 4.79 Å². The van der Waals surface area contributed by atoms with Gasteiger partial charge in [-0.05, 0) is 6.42 Å². The molecule has 5 heteroatoms. The summed E-state index contributed by atoms with van der Waals surface area (Å²) < 4.78 is 4.98. The van der Waals surface area contributed by atoms with Gasteiger partial charge in [-0.25, -0.2) is 0 Å². The minimum atomic E-state index is -0.544. The van der Waals surface area contributed by atoms with Crippen molar-refractivity contribution < 1.29 is 19.7 Å². The lowest BCUT2D eigenvalue weighted by atomic mass is 10.3. The van der Waals surface area contributed by atoms with Crippen LogP contribution in [0.1, 0.15) is 12.8 Å². The van der Waals surface area contributed by atoms with E-state index in [-0.39, 0.29) is 25.5 Å². The molecule has 0 aliphatic rings. The lowest BCUT2D eigenvalue weighted by Gasteiger charge is -2.11. The highest BCUT2D eigenvalue weighted by atomic mass is 16.5. The Morgan fingerprint density at radius 3 is 2.42 bits per heavy atom. The number of nitrogens with two attached hydrogens (primary N) is 1. The van der Waals surface area contributed by atoms with E-state index in [1.807, 2.05) is 0 Å². The molecule has 0 bridgehead atoms. The van der Waals surface area contributed by atoms with E-state index in [0.717, 1.165) is 0 Å². The quantitative estimate of drug-likeness (QED) is 0.418. The van der Waals surface area contributed by atoms with Gasteiger partial charge in [0, 0.05) is 13.0 Å². The highest BCUT2D eigenvalue weighted by molar-refractivity contribution is 5.73. The summed E-state index contributed by atoms with van der Waals surface area (Å²) in [6.45, 7) is -0.102. The van der Waals surface area contributed by atoms with Crippen molar-refractivity contribution in [3.63, 3.8) is 0 Å². The third-order valence-corrected chi connectivity index (χ3v) is 1.33. The van der Waals surface area contributed by atoms with Crippen molar-refractivity contribution in [1.29, 1.82) is 0 Å². The van der Waals surface area contributed by atoms with E-state index in [9.17, 15) is 4.79 Å². The second-order valence-electron chi connectivity index (χ2n) is 2.43. The molecular weight excluding hydrogens is 162 g/mol. The third-order valence-electron chi connectivity index (χ3n) is 1.33. The van der Waals surface area contributed by atoms with Crippen molar-refractivity contribution >= 4 is 5.91 Å². The van der Waals surface area contributed by atoms with Crippen LogP contribution in [-0.4, -0.2) is 42.0 Å². The first-order valence-corrected chi connectivity index (χ1v) is 3.82. The molecule has 0 saturated carbocycles. The molecule has 0 unspecified atom stereocenters. The van der Waals surface area contributed by atoms with E-state index in [1.54, 1.807) is 0 Å². The zero-order chi connectivity index (χ0) is 9.40. The predicted molar refractivity (Wildman–Crippen MR) is 42.3 cm³/mol. The molecule has 0 spiro atoms. The fraction of sp³-hybridized carbons (Fsp3) is 0.857. The molecule has 12 heavy (non-hydrogen) atoms. The zero-order valence-electron chi connectivity index (χ0n) is 6.90. The number of rotatable bonds is 7. The Balaban J connectivity index is 3.23. The van der Waals surface area contributed by atoms with E-state index in [2.05, 4.69) is 0 Å². The summed E-state index contributed by atoms with van der Waals surface area (Å²) in [5.74, 6) is -0.372. The minimum Gasteiger partial charge on any atom is -0.394 e. The monoisotopic (exact) mass is 177 g/mol. The highest BCUT2D eigenvalue weighted by Crippen LogP contribution is 1.94. The molecule has 0 aliphatic carbocycles. The molecule has 0 rings (SSSR count). The molecule has 0 heterocycles. The van der Waals surface area contributed by atoms with Crippen molar-refractivity contribution in [3.05, 3.63) is 0 Å². The van der Waals surface area contributed by atoms with Crippen LogP contribution in [0, 0.1) is 0 Å². The summed E-state index contributed by atoms with van der Waals surface area (Å²) in [5, 5.41) is 17.1. The lowest BCUT2D eigenvalue weighted by molar-refractivity contribution is -0.118. The third kappa shape index (κ3) is 6.09.